The van der Waals surface area contributed by atoms with Crippen molar-refractivity contribution in [2.45, 2.75) is 6.61 Å². The Kier molecular flexibility index (Phi) is 3.84. The van der Waals surface area contributed by atoms with Crippen LogP contribution in [0, 0.1) is 17.1 Å². The highest BCUT2D eigenvalue weighted by Crippen LogP contribution is 2.21. The molecule has 0 saturated carbocycles. The number of rotatable bonds is 4. The normalized spacial score (nSPS) is 10.2. The SMILES string of the molecule is N#Cc1ccccc1OCc1coc(-c2cccc(F)c2)n1. The van der Waals surface area contributed by atoms with Gasteiger partial charge in [-0.2, -0.15) is 5.26 Å². The summed E-state index contributed by atoms with van der Waals surface area (Å²) in [5.74, 6) is 0.462. The number of para-hydroxylation sites is 1. The van der Waals surface area contributed by atoms with Gasteiger partial charge in [0, 0.05) is 5.56 Å². The van der Waals surface area contributed by atoms with Crippen LogP contribution in [0.2, 0.25) is 0 Å². The average Bonchev–Trinajstić information content (AvgIpc) is 3.02. The minimum Gasteiger partial charge on any atom is -0.486 e. The Morgan fingerprint density at radius 2 is 2.05 bits per heavy atom. The van der Waals surface area contributed by atoms with Gasteiger partial charge in [-0.15, -0.1) is 0 Å². The highest BCUT2D eigenvalue weighted by atomic mass is 19.1. The van der Waals surface area contributed by atoms with Crippen molar-refractivity contribution < 1.29 is 13.5 Å². The van der Waals surface area contributed by atoms with E-state index < -0.39 is 0 Å². The maximum Gasteiger partial charge on any atom is 0.226 e. The topological polar surface area (TPSA) is 59.0 Å². The van der Waals surface area contributed by atoms with E-state index >= 15 is 0 Å². The number of benzene rings is 2. The summed E-state index contributed by atoms with van der Waals surface area (Å²) in [5.41, 5.74) is 1.58. The molecule has 3 rings (SSSR count). The maximum absolute atomic E-state index is 13.2. The molecule has 0 aliphatic carbocycles. The van der Waals surface area contributed by atoms with E-state index in [-0.39, 0.29) is 12.4 Å². The van der Waals surface area contributed by atoms with Crippen molar-refractivity contribution in [2.24, 2.45) is 0 Å². The van der Waals surface area contributed by atoms with Crippen LogP contribution < -0.4 is 4.74 Å². The molecule has 0 unspecified atom stereocenters. The smallest absolute Gasteiger partial charge is 0.226 e. The van der Waals surface area contributed by atoms with E-state index in [0.717, 1.165) is 0 Å². The number of nitriles is 1. The number of halogens is 1. The molecule has 0 atom stereocenters. The molecule has 4 nitrogen and oxygen atoms in total. The molecule has 5 heteroatoms. The number of hydrogen-bond donors (Lipinski definition) is 0. The Morgan fingerprint density at radius 1 is 1.18 bits per heavy atom. The van der Waals surface area contributed by atoms with E-state index in [1.807, 2.05) is 0 Å². The van der Waals surface area contributed by atoms with Crippen molar-refractivity contribution in [1.29, 1.82) is 5.26 Å². The molecular formula is C17H11FN2O2. The van der Waals surface area contributed by atoms with Gasteiger partial charge in [0.15, 0.2) is 0 Å². The predicted molar refractivity (Wildman–Crippen MR) is 77.4 cm³/mol. The van der Waals surface area contributed by atoms with Crippen LogP contribution in [-0.2, 0) is 6.61 Å². The van der Waals surface area contributed by atoms with E-state index in [4.69, 9.17) is 14.4 Å². The Bertz CT molecular complexity index is 836. The minimum absolute atomic E-state index is 0.164. The molecule has 2 aromatic carbocycles. The van der Waals surface area contributed by atoms with Gasteiger partial charge in [0.05, 0.1) is 5.56 Å². The summed E-state index contributed by atoms with van der Waals surface area (Å²) in [6, 6.07) is 15.0. The molecular weight excluding hydrogens is 283 g/mol. The maximum atomic E-state index is 13.2. The summed E-state index contributed by atoms with van der Waals surface area (Å²) in [4.78, 5) is 4.25. The summed E-state index contributed by atoms with van der Waals surface area (Å²) in [5, 5.41) is 8.99. The monoisotopic (exact) mass is 294 g/mol. The number of nitrogens with zero attached hydrogens (tertiary/aromatic N) is 2. The van der Waals surface area contributed by atoms with Crippen LogP contribution in [-0.4, -0.2) is 4.98 Å². The highest BCUT2D eigenvalue weighted by molar-refractivity contribution is 5.53. The average molecular weight is 294 g/mol. The standard InChI is InChI=1S/C17H11FN2O2/c18-14-6-3-5-12(8-14)17-20-15(11-22-17)10-21-16-7-2-1-4-13(16)9-19/h1-8,11H,10H2. The molecule has 0 aliphatic rings. The first-order chi connectivity index (χ1) is 10.8. The van der Waals surface area contributed by atoms with Crippen LogP contribution in [0.5, 0.6) is 5.75 Å². The summed E-state index contributed by atoms with van der Waals surface area (Å²) >= 11 is 0. The summed E-state index contributed by atoms with van der Waals surface area (Å²) in [6.07, 6.45) is 1.45. The van der Waals surface area contributed by atoms with Crippen LogP contribution in [0.15, 0.2) is 59.2 Å². The van der Waals surface area contributed by atoms with E-state index in [1.54, 1.807) is 36.4 Å². The van der Waals surface area contributed by atoms with Gasteiger partial charge >= 0.3 is 0 Å². The van der Waals surface area contributed by atoms with Crippen molar-refractivity contribution >= 4 is 0 Å². The second-order valence-corrected chi connectivity index (χ2v) is 4.55. The minimum atomic E-state index is -0.351. The third-order valence-corrected chi connectivity index (χ3v) is 3.01. The van der Waals surface area contributed by atoms with Crippen LogP contribution in [0.25, 0.3) is 11.5 Å². The lowest BCUT2D eigenvalue weighted by molar-refractivity contribution is 0.300. The Hall–Kier alpha value is -3.13. The van der Waals surface area contributed by atoms with Gasteiger partial charge in [0.25, 0.3) is 0 Å². The van der Waals surface area contributed by atoms with Crippen molar-refractivity contribution in [1.82, 2.24) is 4.98 Å². The number of aromatic nitrogens is 1. The fourth-order valence-electron chi connectivity index (χ4n) is 1.96. The molecule has 1 heterocycles. The van der Waals surface area contributed by atoms with Gasteiger partial charge in [0.1, 0.15) is 36.2 Å². The first kappa shape index (κ1) is 13.8. The molecule has 0 aliphatic heterocycles. The van der Waals surface area contributed by atoms with Crippen LogP contribution in [0.1, 0.15) is 11.3 Å². The fourth-order valence-corrected chi connectivity index (χ4v) is 1.96. The summed E-state index contributed by atoms with van der Waals surface area (Å²) in [6.45, 7) is 0.164. The van der Waals surface area contributed by atoms with Crippen molar-refractivity contribution in [3.05, 3.63) is 71.9 Å². The molecule has 0 spiro atoms. The lowest BCUT2D eigenvalue weighted by Crippen LogP contribution is -1.97. The van der Waals surface area contributed by atoms with E-state index in [9.17, 15) is 4.39 Å². The molecule has 108 valence electrons. The van der Waals surface area contributed by atoms with Gasteiger partial charge < -0.3 is 9.15 Å². The lowest BCUT2D eigenvalue weighted by atomic mass is 10.2. The third-order valence-electron chi connectivity index (χ3n) is 3.01. The number of ether oxygens (including phenoxy) is 1. The Morgan fingerprint density at radius 3 is 2.86 bits per heavy atom. The van der Waals surface area contributed by atoms with Gasteiger partial charge in [-0.1, -0.05) is 18.2 Å². The van der Waals surface area contributed by atoms with E-state index in [2.05, 4.69) is 11.1 Å². The molecule has 0 bridgehead atoms. The zero-order valence-electron chi connectivity index (χ0n) is 11.5. The second-order valence-electron chi connectivity index (χ2n) is 4.55. The van der Waals surface area contributed by atoms with Crippen molar-refractivity contribution in [2.75, 3.05) is 0 Å². The molecule has 0 amide bonds. The Labute approximate surface area is 126 Å². The predicted octanol–water partition coefficient (Wildman–Crippen LogP) is 3.93. The molecule has 0 N–H and O–H groups in total. The highest BCUT2D eigenvalue weighted by Gasteiger charge is 2.09. The van der Waals surface area contributed by atoms with Crippen molar-refractivity contribution in [3.63, 3.8) is 0 Å². The molecule has 0 radical (unpaired) electrons. The number of oxazole rings is 1. The molecule has 1 aromatic heterocycles. The van der Waals surface area contributed by atoms with Crippen LogP contribution in [0.3, 0.4) is 0 Å². The van der Waals surface area contributed by atoms with E-state index in [1.165, 1.54) is 18.4 Å². The summed E-state index contributed by atoms with van der Waals surface area (Å²) in [7, 11) is 0. The molecule has 0 saturated heterocycles. The quantitative estimate of drug-likeness (QED) is 0.731. The molecule has 3 aromatic rings. The largest absolute Gasteiger partial charge is 0.486 e. The van der Waals surface area contributed by atoms with E-state index in [0.29, 0.717) is 28.5 Å². The van der Waals surface area contributed by atoms with Crippen LogP contribution in [0.4, 0.5) is 4.39 Å². The zero-order valence-corrected chi connectivity index (χ0v) is 11.5. The third kappa shape index (κ3) is 2.96. The van der Waals surface area contributed by atoms with Crippen LogP contribution >= 0.6 is 0 Å². The lowest BCUT2D eigenvalue weighted by Gasteiger charge is -2.04. The molecule has 0 fully saturated rings. The van der Waals surface area contributed by atoms with Crippen molar-refractivity contribution in [3.8, 4) is 23.3 Å². The van der Waals surface area contributed by atoms with Gasteiger partial charge in [0.2, 0.25) is 5.89 Å². The van der Waals surface area contributed by atoms with Gasteiger partial charge in [-0.3, -0.25) is 0 Å². The second kappa shape index (κ2) is 6.10. The number of hydrogen-bond acceptors (Lipinski definition) is 4. The Balaban J connectivity index is 1.74. The van der Waals surface area contributed by atoms with Gasteiger partial charge in [-0.05, 0) is 30.3 Å². The molecule has 22 heavy (non-hydrogen) atoms. The fraction of sp³-hybridized carbons (Fsp3) is 0.0588. The first-order valence-corrected chi connectivity index (χ1v) is 6.58. The first-order valence-electron chi connectivity index (χ1n) is 6.58. The summed E-state index contributed by atoms with van der Waals surface area (Å²) < 4.78 is 24.1. The van der Waals surface area contributed by atoms with Gasteiger partial charge in [-0.25, -0.2) is 9.37 Å². The zero-order chi connectivity index (χ0) is 15.4.